The van der Waals surface area contributed by atoms with Crippen molar-refractivity contribution in [2.75, 3.05) is 37.7 Å². The van der Waals surface area contributed by atoms with E-state index in [-0.39, 0.29) is 18.4 Å². The van der Waals surface area contributed by atoms with Crippen molar-refractivity contribution in [1.29, 1.82) is 0 Å². The summed E-state index contributed by atoms with van der Waals surface area (Å²) in [5, 5.41) is 6.67. The molecule has 5 heterocycles. The summed E-state index contributed by atoms with van der Waals surface area (Å²) in [5.41, 5.74) is 2.61. The first-order valence-corrected chi connectivity index (χ1v) is 10.1. The molecule has 2 aromatic rings. The molecule has 9 heteroatoms. The highest BCUT2D eigenvalue weighted by atomic mass is 16.7. The van der Waals surface area contributed by atoms with Crippen LogP contribution in [0, 0.1) is 6.92 Å². The van der Waals surface area contributed by atoms with Gasteiger partial charge in [0, 0.05) is 50.5 Å². The molecule has 3 aliphatic rings. The molecule has 3 amide bonds. The van der Waals surface area contributed by atoms with Crippen molar-refractivity contribution in [3.8, 4) is 0 Å². The Bertz CT molecular complexity index is 955. The van der Waals surface area contributed by atoms with Gasteiger partial charge in [0.25, 0.3) is 0 Å². The molecule has 0 radical (unpaired) electrons. The number of nitrogens with zero attached hydrogens (tertiary/aromatic N) is 3. The number of anilines is 1. The number of pyridine rings is 1. The van der Waals surface area contributed by atoms with Gasteiger partial charge in [-0.2, -0.15) is 0 Å². The zero-order chi connectivity index (χ0) is 20.0. The van der Waals surface area contributed by atoms with E-state index in [1.165, 1.54) is 0 Å². The third kappa shape index (κ3) is 3.29. The summed E-state index contributed by atoms with van der Waals surface area (Å²) in [5.74, 6) is -0.689. The molecule has 3 aliphatic heterocycles. The van der Waals surface area contributed by atoms with Crippen molar-refractivity contribution in [2.45, 2.75) is 38.0 Å². The first kappa shape index (κ1) is 18.5. The Morgan fingerprint density at radius 2 is 1.97 bits per heavy atom. The van der Waals surface area contributed by atoms with E-state index in [1.807, 2.05) is 13.0 Å². The number of aromatic nitrogens is 2. The molecule has 29 heavy (non-hydrogen) atoms. The lowest BCUT2D eigenvalue weighted by Gasteiger charge is -2.43. The molecule has 0 unspecified atom stereocenters. The minimum absolute atomic E-state index is 0.0565. The number of hydrogen-bond acceptors (Lipinski definition) is 6. The second-order valence-electron chi connectivity index (χ2n) is 7.98. The maximum Gasteiger partial charge on any atom is 0.328 e. The lowest BCUT2D eigenvalue weighted by atomic mass is 10.0. The number of urea groups is 1. The molecular weight excluding hydrogens is 374 g/mol. The number of nitrogens with one attached hydrogen (secondary N) is 2. The highest BCUT2D eigenvalue weighted by Gasteiger charge is 2.39. The van der Waals surface area contributed by atoms with Crippen LogP contribution in [0.15, 0.2) is 18.5 Å². The van der Waals surface area contributed by atoms with Gasteiger partial charge in [0.1, 0.15) is 5.65 Å². The van der Waals surface area contributed by atoms with Gasteiger partial charge >= 0.3 is 6.03 Å². The first-order valence-electron chi connectivity index (χ1n) is 10.1. The van der Waals surface area contributed by atoms with Gasteiger partial charge in [-0.05, 0) is 18.6 Å². The summed E-state index contributed by atoms with van der Waals surface area (Å²) >= 11 is 0. The predicted molar refractivity (Wildman–Crippen MR) is 106 cm³/mol. The van der Waals surface area contributed by atoms with Gasteiger partial charge in [-0.1, -0.05) is 0 Å². The maximum absolute atomic E-state index is 12.1. The number of hydrogen-bond donors (Lipinski definition) is 2. The van der Waals surface area contributed by atoms with Crippen molar-refractivity contribution >= 4 is 28.7 Å². The van der Waals surface area contributed by atoms with Gasteiger partial charge in [-0.3, -0.25) is 15.0 Å². The van der Waals surface area contributed by atoms with Crippen LogP contribution in [-0.4, -0.2) is 60.1 Å². The van der Waals surface area contributed by atoms with E-state index in [4.69, 9.17) is 9.47 Å². The van der Waals surface area contributed by atoms with E-state index in [9.17, 15) is 9.59 Å². The molecule has 154 valence electrons. The largest absolute Gasteiger partial charge is 0.348 e. The molecule has 2 aromatic heterocycles. The SMILES string of the molecule is Cc1cn(C2COC3(CCNCC3)OC2)c2ncc(N3CCC(=O)NC3=O)cc12. The summed E-state index contributed by atoms with van der Waals surface area (Å²) in [6.45, 7) is 5.39. The monoisotopic (exact) mass is 399 g/mol. The first-order chi connectivity index (χ1) is 14.0. The number of amides is 3. The zero-order valence-corrected chi connectivity index (χ0v) is 16.4. The minimum atomic E-state index is -0.445. The second kappa shape index (κ2) is 7.08. The summed E-state index contributed by atoms with van der Waals surface area (Å²) in [6.07, 6.45) is 5.78. The van der Waals surface area contributed by atoms with Gasteiger partial charge in [0.15, 0.2) is 5.79 Å². The Morgan fingerprint density at radius 3 is 2.69 bits per heavy atom. The van der Waals surface area contributed by atoms with Crippen LogP contribution in [0.4, 0.5) is 10.5 Å². The van der Waals surface area contributed by atoms with Crippen LogP contribution in [0.1, 0.15) is 30.9 Å². The van der Waals surface area contributed by atoms with Crippen molar-refractivity contribution in [3.05, 3.63) is 24.0 Å². The van der Waals surface area contributed by atoms with E-state index in [1.54, 1.807) is 11.1 Å². The van der Waals surface area contributed by atoms with Crippen molar-refractivity contribution < 1.29 is 19.1 Å². The van der Waals surface area contributed by atoms with Crippen LogP contribution < -0.4 is 15.5 Å². The maximum atomic E-state index is 12.1. The molecule has 0 atom stereocenters. The molecule has 0 aromatic carbocycles. The van der Waals surface area contributed by atoms with E-state index in [0.717, 1.165) is 42.5 Å². The summed E-state index contributed by atoms with van der Waals surface area (Å²) in [4.78, 5) is 29.8. The fourth-order valence-corrected chi connectivity index (χ4v) is 4.36. The average molecular weight is 399 g/mol. The van der Waals surface area contributed by atoms with E-state index < -0.39 is 11.8 Å². The molecule has 3 fully saturated rings. The predicted octanol–water partition coefficient (Wildman–Crippen LogP) is 1.46. The number of carbonyl (C=O) groups is 2. The third-order valence-electron chi connectivity index (χ3n) is 6.06. The van der Waals surface area contributed by atoms with Gasteiger partial charge in [0.2, 0.25) is 5.91 Å². The summed E-state index contributed by atoms with van der Waals surface area (Å²) in [6, 6.07) is 1.62. The van der Waals surface area contributed by atoms with Crippen LogP contribution in [0.25, 0.3) is 11.0 Å². The quantitative estimate of drug-likeness (QED) is 0.794. The lowest BCUT2D eigenvalue weighted by molar-refractivity contribution is -0.288. The van der Waals surface area contributed by atoms with E-state index >= 15 is 0 Å². The zero-order valence-electron chi connectivity index (χ0n) is 16.4. The molecule has 3 saturated heterocycles. The van der Waals surface area contributed by atoms with Crippen LogP contribution in [-0.2, 0) is 14.3 Å². The Labute approximate surface area is 168 Å². The number of carbonyl (C=O) groups excluding carboxylic acids is 2. The number of piperidine rings is 1. The fourth-order valence-electron chi connectivity index (χ4n) is 4.36. The number of aryl methyl sites for hydroxylation is 1. The van der Waals surface area contributed by atoms with Crippen LogP contribution in [0.2, 0.25) is 0 Å². The topological polar surface area (TPSA) is 97.7 Å². The molecule has 0 saturated carbocycles. The van der Waals surface area contributed by atoms with Gasteiger partial charge in [0.05, 0.1) is 31.1 Å². The highest BCUT2D eigenvalue weighted by Crippen LogP contribution is 2.34. The Morgan fingerprint density at radius 1 is 1.21 bits per heavy atom. The molecular formula is C20H25N5O4. The van der Waals surface area contributed by atoms with Crippen molar-refractivity contribution in [1.82, 2.24) is 20.2 Å². The number of ether oxygens (including phenoxy) is 2. The molecule has 0 aliphatic carbocycles. The smallest absolute Gasteiger partial charge is 0.328 e. The van der Waals surface area contributed by atoms with Gasteiger partial charge in [-0.25, -0.2) is 9.78 Å². The number of fused-ring (bicyclic) bond motifs is 1. The normalized spacial score (nSPS) is 23.0. The van der Waals surface area contributed by atoms with Crippen molar-refractivity contribution in [3.63, 3.8) is 0 Å². The van der Waals surface area contributed by atoms with E-state index in [2.05, 4.69) is 26.4 Å². The molecule has 5 rings (SSSR count). The summed E-state index contributed by atoms with van der Waals surface area (Å²) < 4.78 is 14.5. The molecule has 9 nitrogen and oxygen atoms in total. The Balaban J connectivity index is 1.39. The van der Waals surface area contributed by atoms with Crippen molar-refractivity contribution in [2.24, 2.45) is 0 Å². The van der Waals surface area contributed by atoms with Gasteiger partial charge in [-0.15, -0.1) is 0 Å². The molecule has 1 spiro atoms. The van der Waals surface area contributed by atoms with Crippen LogP contribution in [0.5, 0.6) is 0 Å². The fraction of sp³-hybridized carbons (Fsp3) is 0.550. The Hall–Kier alpha value is -2.49. The molecule has 2 N–H and O–H groups in total. The average Bonchev–Trinajstić information content (AvgIpc) is 3.05. The summed E-state index contributed by atoms with van der Waals surface area (Å²) in [7, 11) is 0. The third-order valence-corrected chi connectivity index (χ3v) is 6.06. The Kier molecular flexibility index (Phi) is 4.53. The second-order valence-corrected chi connectivity index (χ2v) is 7.98. The minimum Gasteiger partial charge on any atom is -0.348 e. The van der Waals surface area contributed by atoms with Crippen LogP contribution in [0.3, 0.4) is 0 Å². The van der Waals surface area contributed by atoms with Gasteiger partial charge < -0.3 is 19.4 Å². The lowest BCUT2D eigenvalue weighted by Crippen LogP contribution is -2.51. The standard InChI is InChI=1S/C20H25N5O4/c1-13-10-25(15-11-28-20(29-12-15)3-5-21-6-4-20)18-16(13)8-14(9-22-18)24-7-2-17(26)23-19(24)27/h8-10,15,21H,2-7,11-12H2,1H3,(H,23,26,27). The van der Waals surface area contributed by atoms with E-state index in [0.29, 0.717) is 25.4 Å². The van der Waals surface area contributed by atoms with Crippen LogP contribution >= 0.6 is 0 Å². The highest BCUT2D eigenvalue weighted by molar-refractivity contribution is 6.06. The molecule has 0 bridgehead atoms. The number of imide groups is 1. The number of rotatable bonds is 2.